The van der Waals surface area contributed by atoms with Crippen LogP contribution >= 0.6 is 0 Å². The molecule has 18 heavy (non-hydrogen) atoms. The van der Waals surface area contributed by atoms with Gasteiger partial charge in [-0.3, -0.25) is 9.59 Å². The number of hydrogen-bond acceptors (Lipinski definition) is 3. The van der Waals surface area contributed by atoms with Crippen LogP contribution < -0.4 is 11.3 Å². The third kappa shape index (κ3) is 2.79. The number of amides is 1. The van der Waals surface area contributed by atoms with Crippen LogP contribution in [0.5, 0.6) is 0 Å². The number of pyridine rings is 1. The van der Waals surface area contributed by atoms with Crippen molar-refractivity contribution in [1.29, 1.82) is 0 Å². The van der Waals surface area contributed by atoms with Crippen molar-refractivity contribution in [3.63, 3.8) is 0 Å². The summed E-state index contributed by atoms with van der Waals surface area (Å²) in [6.45, 7) is 1.23. The molecule has 0 bridgehead atoms. The van der Waals surface area contributed by atoms with E-state index in [1.807, 2.05) is 4.90 Å². The van der Waals surface area contributed by atoms with Crippen LogP contribution in [-0.4, -0.2) is 34.9 Å². The monoisotopic (exact) mass is 249 g/mol. The SMILES string of the molecule is NCCCN(C(=O)c1cccc(=O)[nH]1)C1CCC1. The highest BCUT2D eigenvalue weighted by atomic mass is 16.2. The van der Waals surface area contributed by atoms with E-state index in [-0.39, 0.29) is 11.5 Å². The van der Waals surface area contributed by atoms with Crippen LogP contribution in [0.25, 0.3) is 0 Å². The van der Waals surface area contributed by atoms with E-state index in [1.54, 1.807) is 12.1 Å². The molecule has 0 atom stereocenters. The largest absolute Gasteiger partial charge is 0.334 e. The molecule has 1 amide bonds. The molecule has 1 aliphatic rings. The van der Waals surface area contributed by atoms with Gasteiger partial charge in [0.1, 0.15) is 5.69 Å². The van der Waals surface area contributed by atoms with Gasteiger partial charge in [-0.05, 0) is 38.3 Å². The van der Waals surface area contributed by atoms with Crippen molar-refractivity contribution in [1.82, 2.24) is 9.88 Å². The number of aromatic amines is 1. The van der Waals surface area contributed by atoms with Crippen molar-refractivity contribution in [2.45, 2.75) is 31.7 Å². The molecule has 0 radical (unpaired) electrons. The van der Waals surface area contributed by atoms with Crippen LogP contribution in [-0.2, 0) is 0 Å². The van der Waals surface area contributed by atoms with Crippen molar-refractivity contribution in [2.24, 2.45) is 5.73 Å². The number of carbonyl (C=O) groups excluding carboxylic acids is 1. The van der Waals surface area contributed by atoms with Gasteiger partial charge < -0.3 is 15.6 Å². The predicted molar refractivity (Wildman–Crippen MR) is 69.4 cm³/mol. The first-order valence-corrected chi connectivity index (χ1v) is 6.43. The molecule has 0 spiro atoms. The molecular formula is C13H19N3O2. The summed E-state index contributed by atoms with van der Waals surface area (Å²) in [5, 5.41) is 0. The number of carbonyl (C=O) groups is 1. The molecule has 1 aliphatic carbocycles. The maximum atomic E-state index is 12.4. The molecule has 1 heterocycles. The summed E-state index contributed by atoms with van der Waals surface area (Å²) in [6.07, 6.45) is 4.06. The quantitative estimate of drug-likeness (QED) is 0.807. The van der Waals surface area contributed by atoms with Crippen molar-refractivity contribution >= 4 is 5.91 Å². The van der Waals surface area contributed by atoms with E-state index >= 15 is 0 Å². The molecule has 0 saturated heterocycles. The molecule has 0 unspecified atom stereocenters. The zero-order chi connectivity index (χ0) is 13.0. The number of rotatable bonds is 5. The highest BCUT2D eigenvalue weighted by molar-refractivity contribution is 5.92. The van der Waals surface area contributed by atoms with E-state index in [1.165, 1.54) is 12.5 Å². The molecule has 1 aromatic heterocycles. The molecule has 1 saturated carbocycles. The van der Waals surface area contributed by atoms with Crippen LogP contribution in [0.4, 0.5) is 0 Å². The van der Waals surface area contributed by atoms with Gasteiger partial charge in [0, 0.05) is 18.7 Å². The van der Waals surface area contributed by atoms with E-state index in [0.29, 0.717) is 24.8 Å². The number of hydrogen-bond donors (Lipinski definition) is 2. The van der Waals surface area contributed by atoms with Crippen molar-refractivity contribution in [3.8, 4) is 0 Å². The average Bonchev–Trinajstić information content (AvgIpc) is 2.31. The molecule has 0 aliphatic heterocycles. The molecule has 5 nitrogen and oxygen atoms in total. The smallest absolute Gasteiger partial charge is 0.270 e. The second-order valence-corrected chi connectivity index (χ2v) is 4.65. The summed E-state index contributed by atoms with van der Waals surface area (Å²) in [5.41, 5.74) is 5.63. The number of nitrogens with two attached hydrogens (primary N) is 1. The Morgan fingerprint density at radius 2 is 2.22 bits per heavy atom. The Balaban J connectivity index is 2.13. The predicted octanol–water partition coefficient (Wildman–Crippen LogP) is 0.718. The van der Waals surface area contributed by atoms with Gasteiger partial charge in [-0.1, -0.05) is 6.07 Å². The lowest BCUT2D eigenvalue weighted by atomic mass is 9.91. The molecule has 5 heteroatoms. The van der Waals surface area contributed by atoms with Gasteiger partial charge in [-0.2, -0.15) is 0 Å². The molecule has 3 N–H and O–H groups in total. The van der Waals surface area contributed by atoms with E-state index in [9.17, 15) is 9.59 Å². The van der Waals surface area contributed by atoms with Crippen LogP contribution in [0.15, 0.2) is 23.0 Å². The normalized spacial score (nSPS) is 15.2. The highest BCUT2D eigenvalue weighted by Crippen LogP contribution is 2.25. The maximum Gasteiger partial charge on any atom is 0.270 e. The first-order chi connectivity index (χ1) is 8.72. The topological polar surface area (TPSA) is 79.2 Å². The summed E-state index contributed by atoms with van der Waals surface area (Å²) >= 11 is 0. The van der Waals surface area contributed by atoms with Gasteiger partial charge in [0.2, 0.25) is 5.56 Å². The van der Waals surface area contributed by atoms with Crippen LogP contribution in [0.2, 0.25) is 0 Å². The molecule has 98 valence electrons. The van der Waals surface area contributed by atoms with Gasteiger partial charge in [0.25, 0.3) is 5.91 Å². The third-order valence-electron chi connectivity index (χ3n) is 3.38. The van der Waals surface area contributed by atoms with Gasteiger partial charge in [0.15, 0.2) is 0 Å². The van der Waals surface area contributed by atoms with E-state index in [0.717, 1.165) is 19.3 Å². The molecule has 0 aromatic carbocycles. The van der Waals surface area contributed by atoms with Crippen molar-refractivity contribution < 1.29 is 4.79 Å². The van der Waals surface area contributed by atoms with Crippen molar-refractivity contribution in [3.05, 3.63) is 34.2 Å². The summed E-state index contributed by atoms with van der Waals surface area (Å²) < 4.78 is 0. The standard InChI is InChI=1S/C13H19N3O2/c14-8-3-9-16(10-4-1-5-10)13(18)11-6-2-7-12(17)15-11/h2,6-7,10H,1,3-5,8-9,14H2,(H,15,17). The summed E-state index contributed by atoms with van der Waals surface area (Å²) in [4.78, 5) is 28.0. The summed E-state index contributed by atoms with van der Waals surface area (Å²) in [5.74, 6) is -0.0918. The maximum absolute atomic E-state index is 12.4. The van der Waals surface area contributed by atoms with Crippen LogP contribution in [0.3, 0.4) is 0 Å². The Kier molecular flexibility index (Phi) is 4.15. The van der Waals surface area contributed by atoms with E-state index in [2.05, 4.69) is 4.98 Å². The van der Waals surface area contributed by atoms with Crippen LogP contribution in [0, 0.1) is 0 Å². The number of nitrogens with zero attached hydrogens (tertiary/aromatic N) is 1. The minimum Gasteiger partial charge on any atom is -0.334 e. The first kappa shape index (κ1) is 12.8. The van der Waals surface area contributed by atoms with Gasteiger partial charge in [-0.15, -0.1) is 0 Å². The van der Waals surface area contributed by atoms with E-state index < -0.39 is 0 Å². The lowest BCUT2D eigenvalue weighted by Crippen LogP contribution is -2.45. The first-order valence-electron chi connectivity index (χ1n) is 6.43. The zero-order valence-corrected chi connectivity index (χ0v) is 10.4. The number of H-pyrrole nitrogens is 1. The van der Waals surface area contributed by atoms with Gasteiger partial charge in [0.05, 0.1) is 0 Å². The lowest BCUT2D eigenvalue weighted by molar-refractivity contribution is 0.0572. The summed E-state index contributed by atoms with van der Waals surface area (Å²) in [6, 6.07) is 4.98. The van der Waals surface area contributed by atoms with Crippen molar-refractivity contribution in [2.75, 3.05) is 13.1 Å². The number of aromatic nitrogens is 1. The minimum absolute atomic E-state index is 0.0918. The highest BCUT2D eigenvalue weighted by Gasteiger charge is 2.29. The Morgan fingerprint density at radius 1 is 1.44 bits per heavy atom. The Hall–Kier alpha value is -1.62. The van der Waals surface area contributed by atoms with E-state index in [4.69, 9.17) is 5.73 Å². The second-order valence-electron chi connectivity index (χ2n) is 4.65. The Morgan fingerprint density at radius 3 is 2.78 bits per heavy atom. The molecule has 1 fully saturated rings. The fourth-order valence-corrected chi connectivity index (χ4v) is 2.14. The lowest BCUT2D eigenvalue weighted by Gasteiger charge is -2.37. The van der Waals surface area contributed by atoms with Gasteiger partial charge in [-0.25, -0.2) is 0 Å². The molecule has 2 rings (SSSR count). The Labute approximate surface area is 106 Å². The zero-order valence-electron chi connectivity index (χ0n) is 10.4. The molecule has 1 aromatic rings. The van der Waals surface area contributed by atoms with Gasteiger partial charge >= 0.3 is 0 Å². The van der Waals surface area contributed by atoms with Crippen LogP contribution in [0.1, 0.15) is 36.2 Å². The fourth-order valence-electron chi connectivity index (χ4n) is 2.14. The number of nitrogens with one attached hydrogen (secondary N) is 1. The second kappa shape index (κ2) is 5.82. The Bertz CT molecular complexity index is 465. The molecular weight excluding hydrogens is 230 g/mol. The minimum atomic E-state index is -0.242. The average molecular weight is 249 g/mol. The third-order valence-corrected chi connectivity index (χ3v) is 3.38. The summed E-state index contributed by atoms with van der Waals surface area (Å²) in [7, 11) is 0. The fraction of sp³-hybridized carbons (Fsp3) is 0.538.